The molecule has 2 rings (SSSR count). The zero-order valence-corrected chi connectivity index (χ0v) is 12.7. The lowest BCUT2D eigenvalue weighted by Gasteiger charge is -2.13. The Hall–Kier alpha value is -1.68. The summed E-state index contributed by atoms with van der Waals surface area (Å²) >= 11 is 6.11. The first-order valence-corrected chi connectivity index (χ1v) is 6.83. The molecule has 0 atom stereocenters. The van der Waals surface area contributed by atoms with Crippen LogP contribution in [0.2, 0.25) is 5.15 Å². The highest BCUT2D eigenvalue weighted by molar-refractivity contribution is 6.30. The molecule has 1 heterocycles. The molecule has 0 aliphatic rings. The SMILES string of the molecule is Cc1ccc(Nc2nc(C(C)C)nc(Cl)c2C)c(F)c1. The Morgan fingerprint density at radius 3 is 2.50 bits per heavy atom. The summed E-state index contributed by atoms with van der Waals surface area (Å²) in [5.41, 5.74) is 1.95. The van der Waals surface area contributed by atoms with Gasteiger partial charge < -0.3 is 5.32 Å². The zero-order chi connectivity index (χ0) is 14.9. The molecule has 3 nitrogen and oxygen atoms in total. The van der Waals surface area contributed by atoms with Crippen LogP contribution in [0.1, 0.15) is 36.7 Å². The molecular weight excluding hydrogens is 277 g/mol. The minimum Gasteiger partial charge on any atom is -0.337 e. The van der Waals surface area contributed by atoms with E-state index in [0.717, 1.165) is 5.56 Å². The fourth-order valence-electron chi connectivity index (χ4n) is 1.73. The van der Waals surface area contributed by atoms with E-state index in [9.17, 15) is 4.39 Å². The molecule has 0 fully saturated rings. The second-order valence-corrected chi connectivity index (χ2v) is 5.47. The van der Waals surface area contributed by atoms with Crippen molar-refractivity contribution in [3.05, 3.63) is 46.1 Å². The van der Waals surface area contributed by atoms with Gasteiger partial charge in [0.15, 0.2) is 0 Å². The molecular formula is C15H17ClFN3. The smallest absolute Gasteiger partial charge is 0.146 e. The van der Waals surface area contributed by atoms with Gasteiger partial charge in [0.25, 0.3) is 0 Å². The second-order valence-electron chi connectivity index (χ2n) is 5.11. The number of hydrogen-bond donors (Lipinski definition) is 1. The Labute approximate surface area is 123 Å². The lowest BCUT2D eigenvalue weighted by atomic mass is 10.2. The summed E-state index contributed by atoms with van der Waals surface area (Å²) in [7, 11) is 0. The van der Waals surface area contributed by atoms with Gasteiger partial charge in [-0.05, 0) is 31.5 Å². The molecule has 106 valence electrons. The molecule has 1 N–H and O–H groups in total. The highest BCUT2D eigenvalue weighted by Crippen LogP contribution is 2.27. The summed E-state index contributed by atoms with van der Waals surface area (Å²) in [4.78, 5) is 8.65. The predicted molar refractivity (Wildman–Crippen MR) is 80.3 cm³/mol. The first kappa shape index (κ1) is 14.7. The van der Waals surface area contributed by atoms with Crippen molar-refractivity contribution in [3.8, 4) is 0 Å². The molecule has 0 spiro atoms. The summed E-state index contributed by atoms with van der Waals surface area (Å²) in [5, 5.41) is 3.38. The van der Waals surface area contributed by atoms with Crippen LogP contribution in [0.25, 0.3) is 0 Å². The lowest BCUT2D eigenvalue weighted by molar-refractivity contribution is 0.630. The van der Waals surface area contributed by atoms with Crippen LogP contribution in [0.15, 0.2) is 18.2 Å². The number of halogens is 2. The number of rotatable bonds is 3. The van der Waals surface area contributed by atoms with Gasteiger partial charge in [0.05, 0.1) is 5.69 Å². The minimum atomic E-state index is -0.315. The van der Waals surface area contributed by atoms with Gasteiger partial charge in [0.2, 0.25) is 0 Å². The number of benzene rings is 1. The van der Waals surface area contributed by atoms with Gasteiger partial charge in [-0.25, -0.2) is 14.4 Å². The number of nitrogens with one attached hydrogen (secondary N) is 1. The predicted octanol–water partition coefficient (Wildman–Crippen LogP) is 4.75. The standard InChI is InChI=1S/C15H17ClFN3/c1-8(2)14-19-13(16)10(4)15(20-14)18-12-6-5-9(3)7-11(12)17/h5-8H,1-4H3,(H,18,19,20). The quantitative estimate of drug-likeness (QED) is 0.830. The van der Waals surface area contributed by atoms with E-state index < -0.39 is 0 Å². The van der Waals surface area contributed by atoms with E-state index >= 15 is 0 Å². The van der Waals surface area contributed by atoms with Crippen molar-refractivity contribution in [3.63, 3.8) is 0 Å². The third-order valence-corrected chi connectivity index (χ3v) is 3.37. The molecule has 1 aromatic heterocycles. The molecule has 0 saturated heterocycles. The first-order chi connectivity index (χ1) is 9.38. The van der Waals surface area contributed by atoms with E-state index in [1.807, 2.05) is 26.8 Å². The van der Waals surface area contributed by atoms with Gasteiger partial charge in [-0.2, -0.15) is 0 Å². The Balaban J connectivity index is 2.42. The molecule has 20 heavy (non-hydrogen) atoms. The van der Waals surface area contributed by atoms with E-state index in [0.29, 0.717) is 28.0 Å². The van der Waals surface area contributed by atoms with Crippen LogP contribution in [-0.2, 0) is 0 Å². The second kappa shape index (κ2) is 5.75. The van der Waals surface area contributed by atoms with Crippen LogP contribution in [0.3, 0.4) is 0 Å². The van der Waals surface area contributed by atoms with Gasteiger partial charge in [-0.1, -0.05) is 31.5 Å². The summed E-state index contributed by atoms with van der Waals surface area (Å²) in [6.07, 6.45) is 0. The van der Waals surface area contributed by atoms with Gasteiger partial charge >= 0.3 is 0 Å². The van der Waals surface area contributed by atoms with Crippen LogP contribution in [-0.4, -0.2) is 9.97 Å². The molecule has 0 saturated carbocycles. The van der Waals surface area contributed by atoms with Gasteiger partial charge in [0.1, 0.15) is 22.6 Å². The van der Waals surface area contributed by atoms with Crippen molar-refractivity contribution in [1.29, 1.82) is 0 Å². The number of anilines is 2. The largest absolute Gasteiger partial charge is 0.337 e. The normalized spacial score (nSPS) is 10.9. The maximum atomic E-state index is 13.9. The highest BCUT2D eigenvalue weighted by atomic mass is 35.5. The van der Waals surface area contributed by atoms with Crippen molar-refractivity contribution >= 4 is 23.1 Å². The summed E-state index contributed by atoms with van der Waals surface area (Å²) in [6, 6.07) is 5.01. The fourth-order valence-corrected chi connectivity index (χ4v) is 1.91. The lowest BCUT2D eigenvalue weighted by Crippen LogP contribution is -2.06. The van der Waals surface area contributed by atoms with Crippen molar-refractivity contribution in [2.45, 2.75) is 33.6 Å². The Kier molecular flexibility index (Phi) is 4.23. The van der Waals surface area contributed by atoms with Crippen molar-refractivity contribution in [1.82, 2.24) is 9.97 Å². The summed E-state index contributed by atoms with van der Waals surface area (Å²) < 4.78 is 13.9. The first-order valence-electron chi connectivity index (χ1n) is 6.45. The Bertz CT molecular complexity index is 641. The number of aryl methyl sites for hydroxylation is 1. The minimum absolute atomic E-state index is 0.150. The number of nitrogens with zero attached hydrogens (tertiary/aromatic N) is 2. The van der Waals surface area contributed by atoms with Gasteiger partial charge in [-0.3, -0.25) is 0 Å². The van der Waals surface area contributed by atoms with Crippen molar-refractivity contribution < 1.29 is 4.39 Å². The van der Waals surface area contributed by atoms with Crippen LogP contribution in [0.4, 0.5) is 15.9 Å². The third kappa shape index (κ3) is 3.07. The highest BCUT2D eigenvalue weighted by Gasteiger charge is 2.13. The molecule has 0 aliphatic carbocycles. The van der Waals surface area contributed by atoms with Crippen LogP contribution < -0.4 is 5.32 Å². The maximum absolute atomic E-state index is 13.9. The number of aromatic nitrogens is 2. The Morgan fingerprint density at radius 1 is 1.20 bits per heavy atom. The average Bonchev–Trinajstić information content (AvgIpc) is 2.37. The van der Waals surface area contributed by atoms with Crippen LogP contribution in [0, 0.1) is 19.7 Å². The third-order valence-electron chi connectivity index (χ3n) is 3.00. The topological polar surface area (TPSA) is 37.8 Å². The van der Waals surface area contributed by atoms with Gasteiger partial charge in [-0.15, -0.1) is 0 Å². The monoisotopic (exact) mass is 293 g/mol. The molecule has 0 amide bonds. The Morgan fingerprint density at radius 2 is 1.90 bits per heavy atom. The van der Waals surface area contributed by atoms with Crippen LogP contribution in [0.5, 0.6) is 0 Å². The molecule has 0 aliphatic heterocycles. The molecule has 1 aromatic carbocycles. The molecule has 0 unspecified atom stereocenters. The van der Waals surface area contributed by atoms with E-state index in [2.05, 4.69) is 15.3 Å². The van der Waals surface area contributed by atoms with E-state index in [-0.39, 0.29) is 11.7 Å². The average molecular weight is 294 g/mol. The van der Waals surface area contributed by atoms with E-state index in [4.69, 9.17) is 11.6 Å². The van der Waals surface area contributed by atoms with Crippen molar-refractivity contribution in [2.75, 3.05) is 5.32 Å². The molecule has 0 bridgehead atoms. The summed E-state index contributed by atoms with van der Waals surface area (Å²) in [5.74, 6) is 1.01. The zero-order valence-electron chi connectivity index (χ0n) is 12.0. The maximum Gasteiger partial charge on any atom is 0.146 e. The van der Waals surface area contributed by atoms with Crippen LogP contribution >= 0.6 is 11.6 Å². The number of hydrogen-bond acceptors (Lipinski definition) is 3. The van der Waals surface area contributed by atoms with E-state index in [1.165, 1.54) is 6.07 Å². The molecule has 2 aromatic rings. The van der Waals surface area contributed by atoms with Gasteiger partial charge in [0, 0.05) is 11.5 Å². The van der Waals surface area contributed by atoms with E-state index in [1.54, 1.807) is 13.0 Å². The molecule has 0 radical (unpaired) electrons. The fraction of sp³-hybridized carbons (Fsp3) is 0.333. The van der Waals surface area contributed by atoms with Crippen molar-refractivity contribution in [2.24, 2.45) is 0 Å². The molecule has 5 heteroatoms. The summed E-state index contributed by atoms with van der Waals surface area (Å²) in [6.45, 7) is 7.62.